The molecule has 4 nitrogen and oxygen atoms in total. The van der Waals surface area contributed by atoms with Crippen LogP contribution in [0.4, 0.5) is 11.4 Å². The third-order valence-corrected chi connectivity index (χ3v) is 16.2. The minimum atomic E-state index is -0.131. The maximum Gasteiger partial charge on any atom is 0.204 e. The van der Waals surface area contributed by atoms with Crippen LogP contribution < -0.4 is 15.0 Å². The number of furan rings is 1. The third-order valence-electron chi connectivity index (χ3n) is 15.0. The number of rotatable bonds is 8. The van der Waals surface area contributed by atoms with Gasteiger partial charge in [-0.2, -0.15) is 0 Å². The fraction of sp³-hybridized carbons (Fsp3) is 0.0588. The van der Waals surface area contributed by atoms with Crippen LogP contribution in [-0.4, -0.2) is 0 Å². The highest BCUT2D eigenvalue weighted by Crippen LogP contribution is 2.58. The fourth-order valence-electron chi connectivity index (χ4n) is 11.6. The molecule has 2 aliphatic carbocycles. The summed E-state index contributed by atoms with van der Waals surface area (Å²) >= 11 is 1.91. The van der Waals surface area contributed by atoms with Gasteiger partial charge >= 0.3 is 0 Å². The lowest BCUT2D eigenvalue weighted by atomic mass is 9.75. The Bertz CT molecular complexity index is 4120. The Morgan fingerprint density at radius 2 is 1.26 bits per heavy atom. The number of allylic oxidation sites excluding steroid dienone is 8. The molecule has 2 unspecified atom stereocenters. The molecule has 3 heterocycles. The second-order valence-corrected chi connectivity index (χ2v) is 20.2. The van der Waals surface area contributed by atoms with Crippen LogP contribution in [0.1, 0.15) is 51.9 Å². The van der Waals surface area contributed by atoms with Crippen molar-refractivity contribution >= 4 is 76.7 Å². The second-order valence-electron chi connectivity index (χ2n) is 19.1. The molecular formula is C68H48N2O2S. The fourth-order valence-corrected chi connectivity index (χ4v) is 13.0. The predicted octanol–water partition coefficient (Wildman–Crippen LogP) is 18.7. The summed E-state index contributed by atoms with van der Waals surface area (Å²) < 4.78 is 15.0. The Kier molecular flexibility index (Phi) is 10.4. The summed E-state index contributed by atoms with van der Waals surface area (Å²) in [5.74, 6) is 1.45. The Morgan fingerprint density at radius 3 is 2.07 bits per heavy atom. The third kappa shape index (κ3) is 7.34. The van der Waals surface area contributed by atoms with Crippen LogP contribution in [0, 0.1) is 0 Å². The summed E-state index contributed by atoms with van der Waals surface area (Å²) in [6.07, 6.45) is 12.6. The molecule has 348 valence electrons. The summed E-state index contributed by atoms with van der Waals surface area (Å²) in [5, 5.41) is 10.0. The number of fused-ring (bicyclic) bond motifs is 11. The van der Waals surface area contributed by atoms with Gasteiger partial charge in [-0.3, -0.25) is 4.90 Å². The van der Waals surface area contributed by atoms with E-state index >= 15 is 0 Å². The van der Waals surface area contributed by atoms with Gasteiger partial charge in [0.1, 0.15) is 11.3 Å². The van der Waals surface area contributed by atoms with Crippen LogP contribution in [0.3, 0.4) is 0 Å². The van der Waals surface area contributed by atoms with Crippen molar-refractivity contribution in [3.8, 4) is 28.0 Å². The Labute approximate surface area is 428 Å². The minimum absolute atomic E-state index is 0.0564. The molecule has 3 aliphatic rings. The lowest BCUT2D eigenvalue weighted by molar-refractivity contribution is 0.410. The number of nitrogens with zero attached hydrogens (tertiary/aromatic N) is 1. The van der Waals surface area contributed by atoms with E-state index in [1.165, 1.54) is 64.9 Å². The largest absolute Gasteiger partial charge is 0.454 e. The molecule has 0 fully saturated rings. The molecule has 0 amide bonds. The van der Waals surface area contributed by atoms with E-state index in [1.807, 2.05) is 35.6 Å². The lowest BCUT2D eigenvalue weighted by Crippen LogP contribution is -2.27. The van der Waals surface area contributed by atoms with Crippen molar-refractivity contribution in [1.82, 2.24) is 0 Å². The van der Waals surface area contributed by atoms with Crippen molar-refractivity contribution in [3.63, 3.8) is 0 Å². The predicted molar refractivity (Wildman–Crippen MR) is 306 cm³/mol. The van der Waals surface area contributed by atoms with E-state index < -0.39 is 0 Å². The molecule has 1 aliphatic heterocycles. The molecule has 0 bridgehead atoms. The van der Waals surface area contributed by atoms with Crippen LogP contribution >= 0.6 is 11.3 Å². The molecule has 14 rings (SSSR count). The Balaban J connectivity index is 0.994. The second kappa shape index (κ2) is 17.7. The number of benzene rings is 9. The molecule has 9 aromatic carbocycles. The van der Waals surface area contributed by atoms with Gasteiger partial charge in [0, 0.05) is 53.9 Å². The highest BCUT2D eigenvalue weighted by atomic mass is 32.1. The monoisotopic (exact) mass is 956 g/mol. The van der Waals surface area contributed by atoms with Crippen LogP contribution in [0.2, 0.25) is 0 Å². The molecule has 0 radical (unpaired) electrons. The van der Waals surface area contributed by atoms with E-state index in [0.29, 0.717) is 0 Å². The first kappa shape index (κ1) is 42.9. The summed E-state index contributed by atoms with van der Waals surface area (Å²) in [6.45, 7) is 4.40. The molecule has 73 heavy (non-hydrogen) atoms. The molecule has 1 N–H and O–H groups in total. The lowest BCUT2D eigenvalue weighted by Gasteiger charge is -2.35. The molecule has 0 saturated heterocycles. The van der Waals surface area contributed by atoms with Gasteiger partial charge in [0.25, 0.3) is 0 Å². The summed E-state index contributed by atoms with van der Waals surface area (Å²) in [4.78, 5) is 3.70. The van der Waals surface area contributed by atoms with Crippen LogP contribution in [-0.2, 0) is 0 Å². The number of nitrogens with one attached hydrogen (secondary N) is 1. The van der Waals surface area contributed by atoms with E-state index in [2.05, 4.69) is 229 Å². The van der Waals surface area contributed by atoms with E-state index in [0.717, 1.165) is 80.0 Å². The van der Waals surface area contributed by atoms with Crippen molar-refractivity contribution in [2.45, 2.75) is 24.8 Å². The van der Waals surface area contributed by atoms with E-state index in [9.17, 15) is 0 Å². The quantitative estimate of drug-likeness (QED) is 0.165. The number of ether oxygens (including phenoxy) is 1. The van der Waals surface area contributed by atoms with Crippen LogP contribution in [0.25, 0.3) is 76.2 Å². The molecule has 5 heteroatoms. The first-order valence-electron chi connectivity index (χ1n) is 25.1. The van der Waals surface area contributed by atoms with Crippen molar-refractivity contribution in [2.75, 3.05) is 10.2 Å². The zero-order chi connectivity index (χ0) is 48.4. The zero-order valence-electron chi connectivity index (χ0n) is 40.0. The number of para-hydroxylation sites is 3. The van der Waals surface area contributed by atoms with Gasteiger partial charge in [-0.25, -0.2) is 0 Å². The standard InChI is InChI=1S/C68H48N2O2S/c1-43-18-16-33-62(71-59-31-14-12-23-50(43)59)70(49-40-38-47(39-41-49)45-21-6-3-7-22-45)58-42-61-64(53-26-9-8-24-51(53)58)65-54-27-10-11-28-55(54)66(69-57-30-17-29-56-52-25-13-15-32-60(52)72-67(56)57)63(68(65)73-61)48-36-34-46(35-37-48)44-19-4-2-5-20-44/h2-38,40,42,63,66,69H,1,39,41H2/b18-16-,62-33-. The number of hydrogen-bond acceptors (Lipinski definition) is 5. The summed E-state index contributed by atoms with van der Waals surface area (Å²) in [5.41, 5.74) is 16.9. The van der Waals surface area contributed by atoms with Crippen molar-refractivity contribution in [3.05, 3.63) is 282 Å². The maximum absolute atomic E-state index is 7.12. The van der Waals surface area contributed by atoms with Crippen molar-refractivity contribution in [2.24, 2.45) is 0 Å². The van der Waals surface area contributed by atoms with Gasteiger partial charge in [0.15, 0.2) is 5.58 Å². The van der Waals surface area contributed by atoms with Gasteiger partial charge in [0.2, 0.25) is 5.88 Å². The average molecular weight is 957 g/mol. The van der Waals surface area contributed by atoms with Crippen LogP contribution in [0.5, 0.6) is 5.75 Å². The molecule has 0 saturated carbocycles. The summed E-state index contributed by atoms with van der Waals surface area (Å²) in [6, 6.07) is 74.1. The smallest absolute Gasteiger partial charge is 0.204 e. The Hall–Kier alpha value is -8.90. The SMILES string of the molecule is C=C1/C=C\C=C(\N(C2=CC=C(c3ccccc3)CC2)c2cc3sc4c(c3c3ccccc23)-c2ccccc2C(Nc2cccc3c2oc2ccccc23)C4c2ccc(-c3ccccc3)cc2)Oc2ccccc21. The van der Waals surface area contributed by atoms with E-state index in [-0.39, 0.29) is 12.0 Å². The molecule has 2 aromatic heterocycles. The topological polar surface area (TPSA) is 37.6 Å². The average Bonchev–Trinajstić information content (AvgIpc) is 4.04. The molecule has 2 atom stereocenters. The normalized spacial score (nSPS) is 17.3. The van der Waals surface area contributed by atoms with Gasteiger partial charge in [-0.1, -0.05) is 207 Å². The highest BCUT2D eigenvalue weighted by Gasteiger charge is 2.39. The first-order chi connectivity index (χ1) is 36.1. The van der Waals surface area contributed by atoms with Crippen LogP contribution in [0.15, 0.2) is 259 Å². The number of thiophene rings is 1. The van der Waals surface area contributed by atoms with Crippen molar-refractivity contribution < 1.29 is 9.15 Å². The molecule has 0 spiro atoms. The summed E-state index contributed by atoms with van der Waals surface area (Å²) in [7, 11) is 0. The van der Waals surface area contributed by atoms with Gasteiger partial charge in [-0.15, -0.1) is 11.3 Å². The maximum atomic E-state index is 7.12. The van der Waals surface area contributed by atoms with Gasteiger partial charge < -0.3 is 14.5 Å². The first-order valence-corrected chi connectivity index (χ1v) is 25.9. The van der Waals surface area contributed by atoms with E-state index in [4.69, 9.17) is 9.15 Å². The van der Waals surface area contributed by atoms with Gasteiger partial charge in [0.05, 0.1) is 17.4 Å². The van der Waals surface area contributed by atoms with Crippen molar-refractivity contribution in [1.29, 1.82) is 0 Å². The highest BCUT2D eigenvalue weighted by molar-refractivity contribution is 7.20. The number of anilines is 2. The molecule has 11 aromatic rings. The number of hydrogen-bond donors (Lipinski definition) is 1. The minimum Gasteiger partial charge on any atom is -0.454 e. The molecular weight excluding hydrogens is 909 g/mol. The van der Waals surface area contributed by atoms with E-state index in [1.54, 1.807) is 0 Å². The van der Waals surface area contributed by atoms with Gasteiger partial charge in [-0.05, 0) is 99.2 Å². The Morgan fingerprint density at radius 1 is 0.575 bits per heavy atom. The zero-order valence-corrected chi connectivity index (χ0v) is 40.8.